The zero-order chi connectivity index (χ0) is 14.3. The Hall–Kier alpha value is -2.43. The summed E-state index contributed by atoms with van der Waals surface area (Å²) in [6.45, 7) is 1.86. The van der Waals surface area contributed by atoms with E-state index in [1.54, 1.807) is 6.07 Å². The van der Waals surface area contributed by atoms with Crippen LogP contribution in [0.4, 0.5) is 5.69 Å². The standard InChI is InChI=1S/C15H14N2O3/c1-8-2-3-10-6-11(15(19)20)7-12(13(10)16-8)17-14(18)9-4-5-9/h2-3,6-7,9H,4-5H2,1H3,(H,17,18)(H,19,20). The highest BCUT2D eigenvalue weighted by molar-refractivity contribution is 6.05. The molecule has 1 aliphatic rings. The molecule has 0 spiro atoms. The summed E-state index contributed by atoms with van der Waals surface area (Å²) in [6.07, 6.45) is 1.80. The second-order valence-electron chi connectivity index (χ2n) is 5.12. The van der Waals surface area contributed by atoms with Crippen molar-refractivity contribution in [2.24, 2.45) is 5.92 Å². The summed E-state index contributed by atoms with van der Waals surface area (Å²) >= 11 is 0. The predicted octanol–water partition coefficient (Wildman–Crippen LogP) is 2.59. The molecule has 0 atom stereocenters. The smallest absolute Gasteiger partial charge is 0.335 e. The topological polar surface area (TPSA) is 79.3 Å². The lowest BCUT2D eigenvalue weighted by Crippen LogP contribution is -2.14. The van der Waals surface area contributed by atoms with E-state index in [1.807, 2.05) is 19.1 Å². The number of amides is 1. The van der Waals surface area contributed by atoms with E-state index in [9.17, 15) is 9.59 Å². The molecule has 1 aliphatic carbocycles. The zero-order valence-corrected chi connectivity index (χ0v) is 11.0. The van der Waals surface area contributed by atoms with E-state index < -0.39 is 5.97 Å². The van der Waals surface area contributed by atoms with E-state index >= 15 is 0 Å². The highest BCUT2D eigenvalue weighted by Gasteiger charge is 2.30. The van der Waals surface area contributed by atoms with Crippen LogP contribution in [0.5, 0.6) is 0 Å². The van der Waals surface area contributed by atoms with Crippen molar-refractivity contribution < 1.29 is 14.7 Å². The number of rotatable bonds is 3. The first-order valence-electron chi connectivity index (χ1n) is 6.50. The molecule has 1 aromatic heterocycles. The average molecular weight is 270 g/mol. The quantitative estimate of drug-likeness (QED) is 0.898. The number of aromatic nitrogens is 1. The van der Waals surface area contributed by atoms with Crippen molar-refractivity contribution in [3.05, 3.63) is 35.5 Å². The maximum Gasteiger partial charge on any atom is 0.335 e. The molecule has 2 aromatic rings. The molecule has 2 N–H and O–H groups in total. The van der Waals surface area contributed by atoms with Crippen LogP contribution in [0, 0.1) is 12.8 Å². The molecule has 1 fully saturated rings. The lowest BCUT2D eigenvalue weighted by atomic mass is 10.1. The number of pyridine rings is 1. The Morgan fingerprint density at radius 2 is 2.05 bits per heavy atom. The van der Waals surface area contributed by atoms with Gasteiger partial charge in [-0.1, -0.05) is 6.07 Å². The summed E-state index contributed by atoms with van der Waals surface area (Å²) in [5, 5.41) is 12.7. The van der Waals surface area contributed by atoms with E-state index in [0.717, 1.165) is 18.5 Å². The van der Waals surface area contributed by atoms with Gasteiger partial charge in [0.25, 0.3) is 0 Å². The second kappa shape index (κ2) is 4.59. The second-order valence-corrected chi connectivity index (χ2v) is 5.12. The number of carbonyl (C=O) groups is 2. The number of hydrogen-bond donors (Lipinski definition) is 2. The van der Waals surface area contributed by atoms with Crippen molar-refractivity contribution in [2.45, 2.75) is 19.8 Å². The number of aryl methyl sites for hydroxylation is 1. The first kappa shape index (κ1) is 12.6. The Kier molecular flexibility index (Phi) is 2.89. The molecule has 5 nitrogen and oxygen atoms in total. The minimum absolute atomic E-state index is 0.0582. The summed E-state index contributed by atoms with van der Waals surface area (Å²) < 4.78 is 0. The van der Waals surface area contributed by atoms with Crippen LogP contribution < -0.4 is 5.32 Å². The van der Waals surface area contributed by atoms with Crippen molar-refractivity contribution >= 4 is 28.5 Å². The summed E-state index contributed by atoms with van der Waals surface area (Å²) in [7, 11) is 0. The van der Waals surface area contributed by atoms with Crippen LogP contribution in [0.25, 0.3) is 10.9 Å². The SMILES string of the molecule is Cc1ccc2cc(C(=O)O)cc(NC(=O)C3CC3)c2n1. The monoisotopic (exact) mass is 270 g/mol. The number of fused-ring (bicyclic) bond motifs is 1. The number of benzene rings is 1. The maximum atomic E-state index is 11.9. The number of hydrogen-bond acceptors (Lipinski definition) is 3. The van der Waals surface area contributed by atoms with Gasteiger partial charge in [-0.2, -0.15) is 0 Å². The molecular formula is C15H14N2O3. The molecule has 0 unspecified atom stereocenters. The Labute approximate surface area is 115 Å². The molecule has 102 valence electrons. The van der Waals surface area contributed by atoms with Gasteiger partial charge in [0.05, 0.1) is 16.8 Å². The van der Waals surface area contributed by atoms with E-state index in [2.05, 4.69) is 10.3 Å². The zero-order valence-electron chi connectivity index (χ0n) is 11.0. The summed E-state index contributed by atoms with van der Waals surface area (Å²) in [5.41, 5.74) is 2.07. The van der Waals surface area contributed by atoms with Crippen LogP contribution in [0.2, 0.25) is 0 Å². The van der Waals surface area contributed by atoms with E-state index in [1.165, 1.54) is 6.07 Å². The van der Waals surface area contributed by atoms with Gasteiger partial charge >= 0.3 is 5.97 Å². The molecule has 1 amide bonds. The minimum Gasteiger partial charge on any atom is -0.478 e. The van der Waals surface area contributed by atoms with Crippen molar-refractivity contribution in [1.29, 1.82) is 0 Å². The lowest BCUT2D eigenvalue weighted by Gasteiger charge is -2.10. The van der Waals surface area contributed by atoms with Gasteiger partial charge in [-0.3, -0.25) is 9.78 Å². The van der Waals surface area contributed by atoms with Crippen LogP contribution in [0.15, 0.2) is 24.3 Å². The lowest BCUT2D eigenvalue weighted by molar-refractivity contribution is -0.117. The van der Waals surface area contributed by atoms with Crippen molar-refractivity contribution in [3.8, 4) is 0 Å². The Morgan fingerprint density at radius 3 is 2.70 bits per heavy atom. The minimum atomic E-state index is -1.02. The fourth-order valence-corrected chi connectivity index (χ4v) is 2.13. The first-order chi connectivity index (χ1) is 9.54. The van der Waals surface area contributed by atoms with E-state index in [4.69, 9.17) is 5.11 Å². The summed E-state index contributed by atoms with van der Waals surface area (Å²) in [5.74, 6) is -1.02. The van der Waals surface area contributed by atoms with Gasteiger partial charge < -0.3 is 10.4 Å². The Morgan fingerprint density at radius 1 is 1.30 bits per heavy atom. The number of anilines is 1. The molecule has 1 saturated carbocycles. The van der Waals surface area contributed by atoms with Gasteiger partial charge in [-0.25, -0.2) is 4.79 Å². The molecule has 0 radical (unpaired) electrons. The highest BCUT2D eigenvalue weighted by atomic mass is 16.4. The third-order valence-corrected chi connectivity index (χ3v) is 3.38. The molecule has 1 aromatic carbocycles. The molecule has 20 heavy (non-hydrogen) atoms. The molecule has 1 heterocycles. The number of aromatic carboxylic acids is 1. The van der Waals surface area contributed by atoms with Gasteiger partial charge in [0.2, 0.25) is 5.91 Å². The normalized spacial score (nSPS) is 14.2. The number of nitrogens with zero attached hydrogens (tertiary/aromatic N) is 1. The van der Waals surface area contributed by atoms with Crippen LogP contribution in [-0.4, -0.2) is 22.0 Å². The molecule has 5 heteroatoms. The van der Waals surface area contributed by atoms with Gasteiger partial charge in [-0.05, 0) is 38.0 Å². The fourth-order valence-electron chi connectivity index (χ4n) is 2.13. The molecule has 0 saturated heterocycles. The maximum absolute atomic E-state index is 11.9. The van der Waals surface area contributed by atoms with E-state index in [-0.39, 0.29) is 17.4 Å². The summed E-state index contributed by atoms with van der Waals surface area (Å²) in [4.78, 5) is 27.5. The Balaban J connectivity index is 2.12. The molecule has 0 aliphatic heterocycles. The third kappa shape index (κ3) is 2.34. The molecule has 3 rings (SSSR count). The van der Waals surface area contributed by atoms with Gasteiger partial charge in [0.15, 0.2) is 0 Å². The van der Waals surface area contributed by atoms with Gasteiger partial charge in [-0.15, -0.1) is 0 Å². The van der Waals surface area contributed by atoms with Crippen LogP contribution in [-0.2, 0) is 4.79 Å². The average Bonchev–Trinajstić information content (AvgIpc) is 3.23. The molecular weight excluding hydrogens is 256 g/mol. The number of carbonyl (C=O) groups excluding carboxylic acids is 1. The largest absolute Gasteiger partial charge is 0.478 e. The highest BCUT2D eigenvalue weighted by Crippen LogP contribution is 2.32. The van der Waals surface area contributed by atoms with Gasteiger partial charge in [0.1, 0.15) is 0 Å². The molecule has 0 bridgehead atoms. The van der Waals surface area contributed by atoms with Crippen LogP contribution in [0.3, 0.4) is 0 Å². The van der Waals surface area contributed by atoms with Gasteiger partial charge in [0, 0.05) is 17.0 Å². The number of carboxylic acid groups (broad SMARTS) is 1. The van der Waals surface area contributed by atoms with Crippen molar-refractivity contribution in [2.75, 3.05) is 5.32 Å². The summed E-state index contributed by atoms with van der Waals surface area (Å²) in [6, 6.07) is 6.67. The van der Waals surface area contributed by atoms with Crippen LogP contribution in [0.1, 0.15) is 28.9 Å². The number of nitrogens with one attached hydrogen (secondary N) is 1. The first-order valence-corrected chi connectivity index (χ1v) is 6.50. The van der Waals surface area contributed by atoms with Crippen molar-refractivity contribution in [3.63, 3.8) is 0 Å². The predicted molar refractivity (Wildman–Crippen MR) is 74.8 cm³/mol. The van der Waals surface area contributed by atoms with Crippen molar-refractivity contribution in [1.82, 2.24) is 4.98 Å². The third-order valence-electron chi connectivity index (χ3n) is 3.38. The Bertz CT molecular complexity index is 720. The van der Waals surface area contributed by atoms with E-state index in [0.29, 0.717) is 16.6 Å². The fraction of sp³-hybridized carbons (Fsp3) is 0.267. The van der Waals surface area contributed by atoms with Crippen LogP contribution >= 0.6 is 0 Å². The number of carboxylic acids is 1.